The first-order valence-corrected chi connectivity index (χ1v) is 17.8. The summed E-state index contributed by atoms with van der Waals surface area (Å²) in [5.41, 5.74) is 9.30. The molecule has 4 aromatic carbocycles. The zero-order valence-electron chi connectivity index (χ0n) is 31.9. The number of aryl methyl sites for hydroxylation is 4. The van der Waals surface area contributed by atoms with E-state index in [0.717, 1.165) is 44.5 Å². The summed E-state index contributed by atoms with van der Waals surface area (Å²) < 4.78 is 28.6. The third kappa shape index (κ3) is 6.70. The van der Waals surface area contributed by atoms with Gasteiger partial charge in [-0.25, -0.2) is 0 Å². The molecule has 0 radical (unpaired) electrons. The molecule has 0 aromatic heterocycles. The fourth-order valence-corrected chi connectivity index (χ4v) is 6.46. The topological polar surface area (TPSA) is 86.4 Å². The van der Waals surface area contributed by atoms with E-state index >= 15 is 0 Å². The fraction of sp³-hybridized carbons (Fsp3) is 0.395. The highest BCUT2D eigenvalue weighted by molar-refractivity contribution is 5.74. The van der Waals surface area contributed by atoms with Gasteiger partial charge in [0.25, 0.3) is 0 Å². The van der Waals surface area contributed by atoms with Gasteiger partial charge >= 0.3 is 6.16 Å². The molecule has 1 spiro atoms. The highest BCUT2D eigenvalue weighted by Crippen LogP contribution is 2.49. The highest BCUT2D eigenvalue weighted by Gasteiger charge is 2.48. The number of ether oxygens (including phenoxy) is 4. The van der Waals surface area contributed by atoms with Crippen LogP contribution in [-0.2, 0) is 0 Å². The Morgan fingerprint density at radius 2 is 0.608 bits per heavy atom. The van der Waals surface area contributed by atoms with Gasteiger partial charge in [0, 0.05) is 0 Å². The third-order valence-electron chi connectivity index (χ3n) is 9.48. The van der Waals surface area contributed by atoms with Crippen molar-refractivity contribution in [2.45, 2.75) is 113 Å². The standard InChI is InChI=1S/C43H48N4O4/c1-23(2)31-17-13-27(9)39-35(31)44-21-45-36-32(24(3)4)18-14-28(10)40(36)49-43(48-39)50-41-29(11)15-19-33(25(5)6)37(41)46-22-47-38-34(26(7)8)20-16-30(12)42(38)51-43/h13-20,23-26H,1-12H3. The molecule has 0 saturated heterocycles. The number of hydrogen-bond acceptors (Lipinski definition) is 8. The van der Waals surface area contributed by atoms with E-state index in [1.807, 2.05) is 52.0 Å². The predicted octanol–water partition coefficient (Wildman–Crippen LogP) is 12.5. The molecule has 4 aromatic rings. The molecular weight excluding hydrogens is 636 g/mol. The van der Waals surface area contributed by atoms with E-state index in [9.17, 15) is 0 Å². The Labute approximate surface area is 302 Å². The molecule has 2 heterocycles. The summed E-state index contributed by atoms with van der Waals surface area (Å²) in [4.78, 5) is 19.4. The molecule has 264 valence electrons. The Morgan fingerprint density at radius 3 is 0.804 bits per heavy atom. The van der Waals surface area contributed by atoms with Gasteiger partial charge in [-0.1, -0.05) is 104 Å². The first-order chi connectivity index (χ1) is 24.2. The second-order valence-corrected chi connectivity index (χ2v) is 14.8. The maximum absolute atomic E-state index is 7.15. The van der Waals surface area contributed by atoms with Crippen LogP contribution in [0.15, 0.2) is 68.5 Å². The Balaban J connectivity index is 1.80. The van der Waals surface area contributed by atoms with E-state index in [1.54, 1.807) is 0 Å². The quantitative estimate of drug-likeness (QED) is 0.214. The van der Waals surface area contributed by atoms with Crippen LogP contribution in [0, 0.1) is 27.7 Å². The largest absolute Gasteiger partial charge is 0.611 e. The van der Waals surface area contributed by atoms with Crippen molar-refractivity contribution in [1.82, 2.24) is 0 Å². The normalized spacial score (nSPS) is 16.3. The van der Waals surface area contributed by atoms with Crippen LogP contribution in [0.5, 0.6) is 23.0 Å². The van der Waals surface area contributed by atoms with Crippen LogP contribution < -0.4 is 18.9 Å². The minimum atomic E-state index is -2.26. The number of fused-ring (bicyclic) bond motifs is 4. The van der Waals surface area contributed by atoms with E-state index in [4.69, 9.17) is 38.9 Å². The van der Waals surface area contributed by atoms with Gasteiger partial charge in [-0.15, -0.1) is 0 Å². The fourth-order valence-electron chi connectivity index (χ4n) is 6.46. The summed E-state index contributed by atoms with van der Waals surface area (Å²) in [6, 6.07) is 22.3. The molecule has 8 heteroatoms. The van der Waals surface area contributed by atoms with Crippen LogP contribution in [0.1, 0.15) is 124 Å². The number of hydrogen-bond donors (Lipinski definition) is 0. The molecule has 0 saturated carbocycles. The minimum absolute atomic E-state index is 0.108. The molecule has 2 aliphatic rings. The second kappa shape index (κ2) is 13.9. The summed E-state index contributed by atoms with van der Waals surface area (Å²) in [5.74, 6) is 2.13. The number of aliphatic imine (C=N–C) groups is 4. The SMILES string of the molecule is Cc1ccc(C(C)C)c2c1OC1(Oc3c(C)ccc(C(C)C)c3N=C=N2)Oc2c(C)ccc(C(C)C)c2N=C=Nc2c(C(C)C)ccc(C)c2O1. The predicted molar refractivity (Wildman–Crippen MR) is 205 cm³/mol. The van der Waals surface area contributed by atoms with Crippen LogP contribution in [0.25, 0.3) is 0 Å². The van der Waals surface area contributed by atoms with Gasteiger partial charge in [-0.2, -0.15) is 20.0 Å². The van der Waals surface area contributed by atoms with Crippen LogP contribution in [-0.4, -0.2) is 18.2 Å². The summed E-state index contributed by atoms with van der Waals surface area (Å²) in [5, 5.41) is 0. The summed E-state index contributed by atoms with van der Waals surface area (Å²) in [6.07, 6.45) is -2.26. The van der Waals surface area contributed by atoms with E-state index in [2.05, 4.69) is 91.7 Å². The Kier molecular flexibility index (Phi) is 9.69. The Hall–Kier alpha value is -5.16. The smallest absolute Gasteiger partial charge is 0.383 e. The lowest BCUT2D eigenvalue weighted by atomic mass is 9.98. The highest BCUT2D eigenvalue weighted by atomic mass is 17.0. The molecule has 0 aliphatic carbocycles. The molecule has 6 rings (SSSR count). The van der Waals surface area contributed by atoms with Crippen molar-refractivity contribution < 1.29 is 18.9 Å². The lowest BCUT2D eigenvalue weighted by Gasteiger charge is -2.36. The van der Waals surface area contributed by atoms with E-state index < -0.39 is 6.16 Å². The molecule has 51 heavy (non-hydrogen) atoms. The molecule has 0 unspecified atom stereocenters. The van der Waals surface area contributed by atoms with Crippen molar-refractivity contribution >= 4 is 34.8 Å². The van der Waals surface area contributed by atoms with Crippen molar-refractivity contribution in [1.29, 1.82) is 0 Å². The lowest BCUT2D eigenvalue weighted by Crippen LogP contribution is -2.54. The van der Waals surface area contributed by atoms with Crippen molar-refractivity contribution in [2.75, 3.05) is 0 Å². The molecule has 0 atom stereocenters. The van der Waals surface area contributed by atoms with Crippen LogP contribution >= 0.6 is 0 Å². The zero-order valence-corrected chi connectivity index (χ0v) is 31.9. The molecule has 0 fully saturated rings. The van der Waals surface area contributed by atoms with Crippen LogP contribution in [0.4, 0.5) is 22.7 Å². The van der Waals surface area contributed by atoms with E-state index in [-0.39, 0.29) is 23.7 Å². The summed E-state index contributed by atoms with van der Waals surface area (Å²) in [7, 11) is 0. The minimum Gasteiger partial charge on any atom is -0.383 e. The summed E-state index contributed by atoms with van der Waals surface area (Å²) in [6.45, 7) is 24.8. The number of rotatable bonds is 4. The summed E-state index contributed by atoms with van der Waals surface area (Å²) >= 11 is 0. The van der Waals surface area contributed by atoms with Crippen molar-refractivity contribution in [3.63, 3.8) is 0 Å². The first-order valence-electron chi connectivity index (χ1n) is 17.8. The average molecular weight is 685 g/mol. The molecule has 0 amide bonds. The Morgan fingerprint density at radius 1 is 0.392 bits per heavy atom. The molecular formula is C43H48N4O4. The van der Waals surface area contributed by atoms with Crippen LogP contribution in [0.2, 0.25) is 0 Å². The lowest BCUT2D eigenvalue weighted by molar-refractivity contribution is -0.367. The van der Waals surface area contributed by atoms with E-state index in [1.165, 1.54) is 0 Å². The molecule has 8 nitrogen and oxygen atoms in total. The molecule has 2 aliphatic heterocycles. The van der Waals surface area contributed by atoms with Gasteiger partial charge in [0.15, 0.2) is 23.0 Å². The van der Waals surface area contributed by atoms with Gasteiger partial charge in [-0.3, -0.25) is 0 Å². The number of benzene rings is 4. The van der Waals surface area contributed by atoms with Crippen molar-refractivity contribution in [3.8, 4) is 23.0 Å². The van der Waals surface area contributed by atoms with Gasteiger partial charge in [-0.05, 0) is 95.9 Å². The van der Waals surface area contributed by atoms with Crippen molar-refractivity contribution in [2.24, 2.45) is 20.0 Å². The van der Waals surface area contributed by atoms with Gasteiger partial charge in [0.1, 0.15) is 34.8 Å². The maximum atomic E-state index is 7.15. The Bertz CT molecular complexity index is 1850. The molecule has 0 N–H and O–H groups in total. The number of nitrogens with zero attached hydrogens (tertiary/aromatic N) is 4. The first kappa shape index (κ1) is 35.7. The van der Waals surface area contributed by atoms with Crippen LogP contribution in [0.3, 0.4) is 0 Å². The van der Waals surface area contributed by atoms with Crippen molar-refractivity contribution in [3.05, 3.63) is 93.0 Å². The third-order valence-corrected chi connectivity index (χ3v) is 9.48. The average Bonchev–Trinajstić information content (AvgIpc) is 3.06. The maximum Gasteiger partial charge on any atom is 0.611 e. The van der Waals surface area contributed by atoms with Gasteiger partial charge in [0.05, 0.1) is 0 Å². The monoisotopic (exact) mass is 684 g/mol. The van der Waals surface area contributed by atoms with E-state index in [0.29, 0.717) is 45.7 Å². The van der Waals surface area contributed by atoms with Gasteiger partial charge in [0.2, 0.25) is 0 Å². The zero-order chi connectivity index (χ0) is 36.8. The van der Waals surface area contributed by atoms with Gasteiger partial charge < -0.3 is 18.9 Å². The second-order valence-electron chi connectivity index (χ2n) is 14.8. The molecule has 0 bridgehead atoms.